The SMILES string of the molecule is COc1c(C)cc2c(c1C)[C@@H](N)CCC2C. The molecule has 1 aromatic rings. The number of benzene rings is 1. The van der Waals surface area contributed by atoms with Gasteiger partial charge in [-0.05, 0) is 54.9 Å². The topological polar surface area (TPSA) is 35.2 Å². The molecule has 0 radical (unpaired) electrons. The van der Waals surface area contributed by atoms with E-state index in [2.05, 4.69) is 26.8 Å². The standard InChI is InChI=1S/C14H21NO/c1-8-5-6-12(15)13-10(3)14(16-4)9(2)7-11(8)13/h7-8,12H,5-6,15H2,1-4H3/t8?,12-/m0/s1. The van der Waals surface area contributed by atoms with E-state index in [1.807, 2.05) is 0 Å². The van der Waals surface area contributed by atoms with Gasteiger partial charge in [-0.15, -0.1) is 0 Å². The van der Waals surface area contributed by atoms with E-state index in [0.29, 0.717) is 5.92 Å². The van der Waals surface area contributed by atoms with Crippen LogP contribution in [-0.2, 0) is 0 Å². The van der Waals surface area contributed by atoms with Crippen molar-refractivity contribution in [3.05, 3.63) is 28.3 Å². The maximum absolute atomic E-state index is 6.23. The third kappa shape index (κ3) is 1.61. The van der Waals surface area contributed by atoms with Gasteiger partial charge >= 0.3 is 0 Å². The van der Waals surface area contributed by atoms with Gasteiger partial charge in [0.05, 0.1) is 7.11 Å². The maximum Gasteiger partial charge on any atom is 0.125 e. The molecule has 0 aromatic heterocycles. The second-order valence-corrected chi connectivity index (χ2v) is 4.94. The Kier molecular flexibility index (Phi) is 2.94. The molecule has 0 fully saturated rings. The summed E-state index contributed by atoms with van der Waals surface area (Å²) in [6.07, 6.45) is 2.28. The lowest BCUT2D eigenvalue weighted by atomic mass is 9.78. The van der Waals surface area contributed by atoms with Gasteiger partial charge < -0.3 is 10.5 Å². The minimum atomic E-state index is 0.181. The molecule has 0 bridgehead atoms. The fraction of sp³-hybridized carbons (Fsp3) is 0.571. The first-order valence-electron chi connectivity index (χ1n) is 5.99. The molecule has 88 valence electrons. The van der Waals surface area contributed by atoms with Gasteiger partial charge in [-0.25, -0.2) is 0 Å². The third-order valence-corrected chi connectivity index (χ3v) is 3.80. The number of aryl methyl sites for hydroxylation is 1. The van der Waals surface area contributed by atoms with Crippen LogP contribution in [0.5, 0.6) is 5.75 Å². The van der Waals surface area contributed by atoms with Crippen molar-refractivity contribution in [3.63, 3.8) is 0 Å². The zero-order valence-electron chi connectivity index (χ0n) is 10.6. The molecule has 2 N–H and O–H groups in total. The molecule has 0 amide bonds. The summed E-state index contributed by atoms with van der Waals surface area (Å²) in [6, 6.07) is 2.44. The highest BCUT2D eigenvalue weighted by molar-refractivity contribution is 5.52. The van der Waals surface area contributed by atoms with Crippen LogP contribution in [0.4, 0.5) is 0 Å². The fourth-order valence-electron chi connectivity index (χ4n) is 2.95. The first-order valence-corrected chi connectivity index (χ1v) is 5.99. The summed E-state index contributed by atoms with van der Waals surface area (Å²) in [7, 11) is 1.74. The van der Waals surface area contributed by atoms with E-state index in [1.54, 1.807) is 7.11 Å². The summed E-state index contributed by atoms with van der Waals surface area (Å²) in [5.74, 6) is 1.63. The van der Waals surface area contributed by atoms with Crippen LogP contribution in [0.1, 0.15) is 54.0 Å². The van der Waals surface area contributed by atoms with Gasteiger partial charge in [0.2, 0.25) is 0 Å². The fourth-order valence-corrected chi connectivity index (χ4v) is 2.95. The van der Waals surface area contributed by atoms with Crippen molar-refractivity contribution in [1.82, 2.24) is 0 Å². The molecular weight excluding hydrogens is 198 g/mol. The Hall–Kier alpha value is -1.02. The van der Waals surface area contributed by atoms with Crippen molar-refractivity contribution in [2.24, 2.45) is 5.73 Å². The van der Waals surface area contributed by atoms with Crippen molar-refractivity contribution in [1.29, 1.82) is 0 Å². The first kappa shape index (κ1) is 11.5. The molecule has 0 heterocycles. The number of hydrogen-bond donors (Lipinski definition) is 1. The van der Waals surface area contributed by atoms with E-state index in [-0.39, 0.29) is 6.04 Å². The van der Waals surface area contributed by atoms with Crippen molar-refractivity contribution in [2.75, 3.05) is 7.11 Å². The molecule has 2 heteroatoms. The van der Waals surface area contributed by atoms with E-state index in [9.17, 15) is 0 Å². The predicted octanol–water partition coefficient (Wildman–Crippen LogP) is 3.21. The molecule has 1 aliphatic carbocycles. The normalized spacial score (nSPS) is 24.1. The van der Waals surface area contributed by atoms with E-state index >= 15 is 0 Å². The van der Waals surface area contributed by atoms with E-state index in [0.717, 1.165) is 12.2 Å². The Morgan fingerprint density at radius 1 is 1.31 bits per heavy atom. The number of rotatable bonds is 1. The van der Waals surface area contributed by atoms with Gasteiger partial charge in [0.15, 0.2) is 0 Å². The highest BCUT2D eigenvalue weighted by atomic mass is 16.5. The Balaban J connectivity index is 2.66. The third-order valence-electron chi connectivity index (χ3n) is 3.80. The summed E-state index contributed by atoms with van der Waals surface area (Å²) in [4.78, 5) is 0. The monoisotopic (exact) mass is 219 g/mol. The van der Waals surface area contributed by atoms with E-state index < -0.39 is 0 Å². The average molecular weight is 219 g/mol. The second kappa shape index (κ2) is 4.10. The Morgan fingerprint density at radius 3 is 2.62 bits per heavy atom. The number of ether oxygens (including phenoxy) is 1. The molecule has 1 aromatic carbocycles. The van der Waals surface area contributed by atoms with E-state index in [1.165, 1.54) is 28.7 Å². The molecule has 16 heavy (non-hydrogen) atoms. The van der Waals surface area contributed by atoms with Crippen LogP contribution in [0.3, 0.4) is 0 Å². The maximum atomic E-state index is 6.23. The summed E-state index contributed by atoms with van der Waals surface area (Å²) in [5.41, 5.74) is 11.4. The molecule has 2 rings (SSSR count). The zero-order chi connectivity index (χ0) is 11.9. The molecule has 0 aliphatic heterocycles. The van der Waals surface area contributed by atoms with Crippen molar-refractivity contribution >= 4 is 0 Å². The highest BCUT2D eigenvalue weighted by Gasteiger charge is 2.26. The molecule has 2 atom stereocenters. The molecule has 1 unspecified atom stereocenters. The van der Waals surface area contributed by atoms with E-state index in [4.69, 9.17) is 10.5 Å². The summed E-state index contributed by atoms with van der Waals surface area (Å²) in [6.45, 7) is 6.53. The average Bonchev–Trinajstić information content (AvgIpc) is 2.24. The summed E-state index contributed by atoms with van der Waals surface area (Å²) in [5, 5.41) is 0. The lowest BCUT2D eigenvalue weighted by Crippen LogP contribution is -2.21. The predicted molar refractivity (Wildman–Crippen MR) is 67.0 cm³/mol. The van der Waals surface area contributed by atoms with Crippen molar-refractivity contribution in [2.45, 2.75) is 45.6 Å². The van der Waals surface area contributed by atoms with Gasteiger partial charge in [-0.3, -0.25) is 0 Å². The van der Waals surface area contributed by atoms with Crippen molar-refractivity contribution in [3.8, 4) is 5.75 Å². The molecule has 0 saturated carbocycles. The Bertz CT molecular complexity index is 412. The molecule has 0 saturated heterocycles. The van der Waals surface area contributed by atoms with Gasteiger partial charge in [0.25, 0.3) is 0 Å². The van der Waals surface area contributed by atoms with Crippen LogP contribution in [0.2, 0.25) is 0 Å². The molecule has 2 nitrogen and oxygen atoms in total. The van der Waals surface area contributed by atoms with Crippen LogP contribution in [0.25, 0.3) is 0 Å². The minimum absolute atomic E-state index is 0.181. The molecule has 1 aliphatic rings. The Morgan fingerprint density at radius 2 is 2.00 bits per heavy atom. The smallest absolute Gasteiger partial charge is 0.125 e. The van der Waals surface area contributed by atoms with Crippen LogP contribution in [0.15, 0.2) is 6.07 Å². The van der Waals surface area contributed by atoms with Gasteiger partial charge in [0, 0.05) is 6.04 Å². The Labute approximate surface area is 97.8 Å². The molecule has 0 spiro atoms. The van der Waals surface area contributed by atoms with Crippen molar-refractivity contribution < 1.29 is 4.74 Å². The summed E-state index contributed by atoms with van der Waals surface area (Å²) < 4.78 is 5.47. The zero-order valence-corrected chi connectivity index (χ0v) is 10.6. The van der Waals surface area contributed by atoms with Crippen LogP contribution < -0.4 is 10.5 Å². The minimum Gasteiger partial charge on any atom is -0.496 e. The molecular formula is C14H21NO. The van der Waals surface area contributed by atoms with Crippen LogP contribution in [-0.4, -0.2) is 7.11 Å². The number of hydrogen-bond acceptors (Lipinski definition) is 2. The van der Waals surface area contributed by atoms with Crippen LogP contribution >= 0.6 is 0 Å². The largest absolute Gasteiger partial charge is 0.496 e. The lowest BCUT2D eigenvalue weighted by molar-refractivity contribution is 0.404. The number of fused-ring (bicyclic) bond motifs is 1. The highest BCUT2D eigenvalue weighted by Crippen LogP contribution is 2.42. The lowest BCUT2D eigenvalue weighted by Gasteiger charge is -2.30. The number of nitrogens with two attached hydrogens (primary N) is 1. The van der Waals surface area contributed by atoms with Gasteiger partial charge in [-0.2, -0.15) is 0 Å². The second-order valence-electron chi connectivity index (χ2n) is 4.94. The summed E-state index contributed by atoms with van der Waals surface area (Å²) >= 11 is 0. The van der Waals surface area contributed by atoms with Crippen LogP contribution in [0, 0.1) is 13.8 Å². The van der Waals surface area contributed by atoms with Gasteiger partial charge in [0.1, 0.15) is 5.75 Å². The van der Waals surface area contributed by atoms with Gasteiger partial charge in [-0.1, -0.05) is 13.0 Å². The quantitative estimate of drug-likeness (QED) is 0.787. The first-order chi connectivity index (χ1) is 7.56. The number of methoxy groups -OCH3 is 1.